The van der Waals surface area contributed by atoms with Gasteiger partial charge in [-0.05, 0) is 18.6 Å². The van der Waals surface area contributed by atoms with Crippen LogP contribution in [0.1, 0.15) is 12.5 Å². The van der Waals surface area contributed by atoms with Crippen LogP contribution in [-0.2, 0) is 11.2 Å². The highest BCUT2D eigenvalue weighted by molar-refractivity contribution is 7.80. The first-order valence-electron chi connectivity index (χ1n) is 6.87. The van der Waals surface area contributed by atoms with Crippen molar-refractivity contribution in [2.45, 2.75) is 13.3 Å². The highest BCUT2D eigenvalue weighted by Gasteiger charge is 2.18. The molecule has 1 fully saturated rings. The second-order valence-corrected chi connectivity index (χ2v) is 5.13. The van der Waals surface area contributed by atoms with E-state index in [-0.39, 0.29) is 5.69 Å². The Morgan fingerprint density at radius 2 is 2.19 bits per heavy atom. The second kappa shape index (κ2) is 7.33. The minimum atomic E-state index is -0.424. The molecule has 1 heterocycles. The molecule has 0 aromatic heterocycles. The first-order valence-corrected chi connectivity index (χ1v) is 7.28. The monoisotopic (exact) mass is 310 g/mol. The molecule has 0 spiro atoms. The summed E-state index contributed by atoms with van der Waals surface area (Å²) in [5.41, 5.74) is 0.806. The van der Waals surface area contributed by atoms with Gasteiger partial charge >= 0.3 is 5.69 Å². The minimum Gasteiger partial charge on any atom is -0.487 e. The number of benzene rings is 1. The van der Waals surface area contributed by atoms with Gasteiger partial charge in [-0.1, -0.05) is 18.3 Å². The van der Waals surface area contributed by atoms with Crippen molar-refractivity contribution in [2.75, 3.05) is 32.9 Å². The van der Waals surface area contributed by atoms with Crippen LogP contribution in [0.3, 0.4) is 0 Å². The summed E-state index contributed by atoms with van der Waals surface area (Å²) in [5, 5.41) is 11.1. The average molecular weight is 310 g/mol. The zero-order valence-corrected chi connectivity index (χ0v) is 12.7. The number of nitro groups is 1. The molecule has 0 unspecified atom stereocenters. The standard InChI is InChI=1S/C14H18N2O4S/c1-2-20-13-4-3-11(9-12(13)16(17)18)10-14(21)15-5-7-19-8-6-15/h3-4,9H,2,5-8,10H2,1H3. The maximum Gasteiger partial charge on any atom is 0.311 e. The lowest BCUT2D eigenvalue weighted by Gasteiger charge is -2.29. The molecule has 0 N–H and O–H groups in total. The van der Waals surface area contributed by atoms with Crippen molar-refractivity contribution in [3.05, 3.63) is 33.9 Å². The molecule has 0 radical (unpaired) electrons. The third kappa shape index (κ3) is 4.12. The zero-order valence-electron chi connectivity index (χ0n) is 11.9. The molecule has 1 aliphatic heterocycles. The maximum absolute atomic E-state index is 11.1. The topological polar surface area (TPSA) is 64.8 Å². The van der Waals surface area contributed by atoms with Crippen LogP contribution in [0.5, 0.6) is 5.75 Å². The molecule has 2 rings (SSSR count). The number of nitro benzene ring substituents is 1. The number of hydrogen-bond donors (Lipinski definition) is 0. The molecule has 0 aliphatic carbocycles. The van der Waals surface area contributed by atoms with Crippen LogP contribution in [0, 0.1) is 10.1 Å². The Bertz CT molecular complexity index is 530. The Balaban J connectivity index is 2.10. The smallest absolute Gasteiger partial charge is 0.311 e. The van der Waals surface area contributed by atoms with Gasteiger partial charge in [-0.3, -0.25) is 10.1 Å². The van der Waals surface area contributed by atoms with Gasteiger partial charge < -0.3 is 14.4 Å². The van der Waals surface area contributed by atoms with Gasteiger partial charge in [0.25, 0.3) is 0 Å². The lowest BCUT2D eigenvalue weighted by molar-refractivity contribution is -0.385. The van der Waals surface area contributed by atoms with Gasteiger partial charge in [0.2, 0.25) is 0 Å². The van der Waals surface area contributed by atoms with Gasteiger partial charge in [0, 0.05) is 25.6 Å². The number of hydrogen-bond acceptors (Lipinski definition) is 5. The van der Waals surface area contributed by atoms with Crippen molar-refractivity contribution in [1.29, 1.82) is 0 Å². The lowest BCUT2D eigenvalue weighted by Crippen LogP contribution is -2.40. The summed E-state index contributed by atoms with van der Waals surface area (Å²) in [6, 6.07) is 5.00. The summed E-state index contributed by atoms with van der Waals surface area (Å²) in [4.78, 5) is 13.6. The van der Waals surface area contributed by atoms with Gasteiger partial charge in [-0.15, -0.1) is 0 Å². The lowest BCUT2D eigenvalue weighted by atomic mass is 10.1. The predicted octanol–water partition coefficient (Wildman–Crippen LogP) is 2.20. The van der Waals surface area contributed by atoms with Crippen molar-refractivity contribution in [1.82, 2.24) is 4.90 Å². The van der Waals surface area contributed by atoms with Gasteiger partial charge in [0.05, 0.1) is 29.7 Å². The third-order valence-electron chi connectivity index (χ3n) is 3.24. The van der Waals surface area contributed by atoms with Crippen LogP contribution < -0.4 is 4.74 Å². The Kier molecular flexibility index (Phi) is 5.46. The fraction of sp³-hybridized carbons (Fsp3) is 0.500. The van der Waals surface area contributed by atoms with Crippen molar-refractivity contribution >= 4 is 22.9 Å². The number of ether oxygens (including phenoxy) is 2. The van der Waals surface area contributed by atoms with Crippen LogP contribution in [0.15, 0.2) is 18.2 Å². The molecule has 1 aromatic rings. The van der Waals surface area contributed by atoms with E-state index in [9.17, 15) is 10.1 Å². The highest BCUT2D eigenvalue weighted by Crippen LogP contribution is 2.28. The summed E-state index contributed by atoms with van der Waals surface area (Å²) in [7, 11) is 0. The van der Waals surface area contributed by atoms with E-state index in [1.807, 2.05) is 6.07 Å². The summed E-state index contributed by atoms with van der Waals surface area (Å²) in [6.07, 6.45) is 0.516. The molecule has 114 valence electrons. The summed E-state index contributed by atoms with van der Waals surface area (Å²) >= 11 is 5.42. The molecule has 0 saturated carbocycles. The molecule has 1 aliphatic rings. The second-order valence-electron chi connectivity index (χ2n) is 4.66. The first-order chi connectivity index (χ1) is 10.1. The molecule has 0 atom stereocenters. The normalized spacial score (nSPS) is 14.8. The van der Waals surface area contributed by atoms with E-state index < -0.39 is 4.92 Å². The molecule has 0 amide bonds. The van der Waals surface area contributed by atoms with Crippen molar-refractivity contribution < 1.29 is 14.4 Å². The Hall–Kier alpha value is -1.73. The molecular formula is C14H18N2O4S. The van der Waals surface area contributed by atoms with Crippen molar-refractivity contribution in [2.24, 2.45) is 0 Å². The van der Waals surface area contributed by atoms with Gasteiger partial charge in [0.1, 0.15) is 0 Å². The molecule has 21 heavy (non-hydrogen) atoms. The molecule has 0 bridgehead atoms. The van der Waals surface area contributed by atoms with E-state index >= 15 is 0 Å². The van der Waals surface area contributed by atoms with E-state index in [0.29, 0.717) is 32.0 Å². The zero-order chi connectivity index (χ0) is 15.2. The van der Waals surface area contributed by atoms with Gasteiger partial charge in [-0.25, -0.2) is 0 Å². The Morgan fingerprint density at radius 3 is 2.81 bits per heavy atom. The van der Waals surface area contributed by atoms with Crippen LogP contribution >= 0.6 is 12.2 Å². The Labute approximate surface area is 128 Å². The van der Waals surface area contributed by atoms with E-state index in [0.717, 1.165) is 23.6 Å². The quantitative estimate of drug-likeness (QED) is 0.472. The molecular weight excluding hydrogens is 292 g/mol. The highest BCUT2D eigenvalue weighted by atomic mass is 32.1. The first kappa shape index (κ1) is 15.7. The summed E-state index contributed by atoms with van der Waals surface area (Å²) in [6.45, 7) is 5.08. The largest absolute Gasteiger partial charge is 0.487 e. The number of rotatable bonds is 5. The van der Waals surface area contributed by atoms with Crippen molar-refractivity contribution in [3.8, 4) is 5.75 Å². The van der Waals surface area contributed by atoms with Crippen molar-refractivity contribution in [3.63, 3.8) is 0 Å². The summed E-state index contributed by atoms with van der Waals surface area (Å²) < 4.78 is 10.6. The fourth-order valence-electron chi connectivity index (χ4n) is 2.19. The van der Waals surface area contributed by atoms with Crippen LogP contribution in [0.4, 0.5) is 5.69 Å². The van der Waals surface area contributed by atoms with Gasteiger partial charge in [0.15, 0.2) is 5.75 Å². The predicted molar refractivity (Wildman–Crippen MR) is 83.0 cm³/mol. The SMILES string of the molecule is CCOc1ccc(CC(=S)N2CCOCC2)cc1[N+](=O)[O-]. The molecule has 1 saturated heterocycles. The number of thiocarbonyl (C=S) groups is 1. The summed E-state index contributed by atoms with van der Waals surface area (Å²) in [5.74, 6) is 0.295. The number of morpholine rings is 1. The van der Waals surface area contributed by atoms with Crippen LogP contribution in [-0.4, -0.2) is 47.7 Å². The third-order valence-corrected chi connectivity index (χ3v) is 3.64. The van der Waals surface area contributed by atoms with E-state index in [1.165, 1.54) is 6.07 Å². The molecule has 1 aromatic carbocycles. The Morgan fingerprint density at radius 1 is 1.48 bits per heavy atom. The van der Waals surface area contributed by atoms with Crippen LogP contribution in [0.25, 0.3) is 0 Å². The van der Waals surface area contributed by atoms with Gasteiger partial charge in [-0.2, -0.15) is 0 Å². The maximum atomic E-state index is 11.1. The molecule has 6 nitrogen and oxygen atoms in total. The van der Waals surface area contributed by atoms with E-state index in [2.05, 4.69) is 4.90 Å². The van der Waals surface area contributed by atoms with E-state index in [1.54, 1.807) is 13.0 Å². The minimum absolute atomic E-state index is 0.0147. The fourth-order valence-corrected chi connectivity index (χ4v) is 2.54. The van der Waals surface area contributed by atoms with Crippen LogP contribution in [0.2, 0.25) is 0 Å². The molecule has 7 heteroatoms. The average Bonchev–Trinajstić information content (AvgIpc) is 2.49. The number of nitrogens with zero attached hydrogens (tertiary/aromatic N) is 2. The van der Waals surface area contributed by atoms with E-state index in [4.69, 9.17) is 21.7 Å².